The molecule has 1 saturated carbocycles. The summed E-state index contributed by atoms with van der Waals surface area (Å²) in [6.45, 7) is 2.86. The molecule has 1 aromatic carbocycles. The summed E-state index contributed by atoms with van der Waals surface area (Å²) in [7, 11) is 0. The van der Waals surface area contributed by atoms with Gasteiger partial charge in [-0.15, -0.1) is 0 Å². The van der Waals surface area contributed by atoms with Gasteiger partial charge in [-0.25, -0.2) is 0 Å². The third-order valence-corrected chi connectivity index (χ3v) is 3.85. The van der Waals surface area contributed by atoms with Crippen molar-refractivity contribution in [3.63, 3.8) is 0 Å². The Hall–Kier alpha value is -1.06. The van der Waals surface area contributed by atoms with Crippen molar-refractivity contribution < 1.29 is 10.2 Å². The number of rotatable bonds is 6. The molecule has 0 aliphatic heterocycles. The molecule has 2 rings (SSSR count). The van der Waals surface area contributed by atoms with E-state index in [-0.39, 0.29) is 12.7 Å². The number of hydrogen-bond donors (Lipinski definition) is 2. The highest BCUT2D eigenvalue weighted by Crippen LogP contribution is 2.30. The van der Waals surface area contributed by atoms with Crippen LogP contribution in [0.1, 0.15) is 44.3 Å². The van der Waals surface area contributed by atoms with Crippen molar-refractivity contribution in [2.45, 2.75) is 44.8 Å². The zero-order valence-corrected chi connectivity index (χ0v) is 11.0. The number of anilines is 1. The lowest BCUT2D eigenvalue weighted by Gasteiger charge is -2.39. The van der Waals surface area contributed by atoms with Gasteiger partial charge in [-0.1, -0.05) is 19.1 Å². The Kier molecular flexibility index (Phi) is 4.61. The van der Waals surface area contributed by atoms with E-state index in [4.69, 9.17) is 5.11 Å². The lowest BCUT2D eigenvalue weighted by Crippen LogP contribution is -2.41. The lowest BCUT2D eigenvalue weighted by atomic mass is 9.91. The highest BCUT2D eigenvalue weighted by molar-refractivity contribution is 5.49. The van der Waals surface area contributed by atoms with Crippen LogP contribution in [0.5, 0.6) is 0 Å². The van der Waals surface area contributed by atoms with E-state index in [2.05, 4.69) is 17.0 Å². The van der Waals surface area contributed by atoms with Gasteiger partial charge in [0.15, 0.2) is 0 Å². The molecule has 0 heterocycles. The Bertz CT molecular complexity index is 359. The lowest BCUT2D eigenvalue weighted by molar-refractivity contribution is 0.173. The average Bonchev–Trinajstić information content (AvgIpc) is 2.35. The van der Waals surface area contributed by atoms with Crippen molar-refractivity contribution in [2.75, 3.05) is 18.1 Å². The zero-order chi connectivity index (χ0) is 13.0. The Morgan fingerprint density at radius 1 is 1.28 bits per heavy atom. The van der Waals surface area contributed by atoms with Gasteiger partial charge in [-0.3, -0.25) is 0 Å². The molecular weight excluding hydrogens is 226 g/mol. The van der Waals surface area contributed by atoms with Gasteiger partial charge < -0.3 is 15.1 Å². The van der Waals surface area contributed by atoms with Gasteiger partial charge in [0.1, 0.15) is 0 Å². The fraction of sp³-hybridized carbons (Fsp3) is 0.600. The third-order valence-electron chi connectivity index (χ3n) is 3.85. The highest BCUT2D eigenvalue weighted by atomic mass is 16.3. The monoisotopic (exact) mass is 249 g/mol. The molecule has 1 aromatic rings. The fourth-order valence-corrected chi connectivity index (χ4v) is 2.45. The van der Waals surface area contributed by atoms with Crippen LogP contribution in [0.25, 0.3) is 0 Å². The molecule has 0 saturated heterocycles. The Labute approximate surface area is 109 Å². The van der Waals surface area contributed by atoms with E-state index < -0.39 is 0 Å². The minimum atomic E-state index is -0.367. The van der Waals surface area contributed by atoms with Crippen molar-refractivity contribution in [1.29, 1.82) is 0 Å². The number of nitrogens with zero attached hydrogens (tertiary/aromatic N) is 1. The predicted octanol–water partition coefficient (Wildman–Crippen LogP) is 2.48. The minimum Gasteiger partial charge on any atom is -0.395 e. The Morgan fingerprint density at radius 3 is 2.39 bits per heavy atom. The van der Waals surface area contributed by atoms with Gasteiger partial charge in [-0.2, -0.15) is 0 Å². The quantitative estimate of drug-likeness (QED) is 0.814. The minimum absolute atomic E-state index is 0.190. The van der Waals surface area contributed by atoms with E-state index in [9.17, 15) is 5.11 Å². The Morgan fingerprint density at radius 2 is 1.94 bits per heavy atom. The number of aliphatic hydroxyl groups is 2. The number of aliphatic hydroxyl groups excluding tert-OH is 2. The molecule has 1 unspecified atom stereocenters. The summed E-state index contributed by atoms with van der Waals surface area (Å²) in [6.07, 6.45) is 4.11. The van der Waals surface area contributed by atoms with Crippen LogP contribution in [0.15, 0.2) is 24.3 Å². The average molecular weight is 249 g/mol. The summed E-state index contributed by atoms with van der Waals surface area (Å²) in [5.74, 6) is 0. The SMILES string of the molecule is CCC(O)c1ccc(N(CCO)C2CCC2)cc1. The molecule has 3 nitrogen and oxygen atoms in total. The van der Waals surface area contributed by atoms with Gasteiger partial charge in [0.05, 0.1) is 12.7 Å². The van der Waals surface area contributed by atoms with Crippen molar-refractivity contribution in [1.82, 2.24) is 0 Å². The smallest absolute Gasteiger partial charge is 0.0787 e. The van der Waals surface area contributed by atoms with Gasteiger partial charge in [0.25, 0.3) is 0 Å². The molecule has 0 aromatic heterocycles. The summed E-state index contributed by atoms with van der Waals surface area (Å²) in [4.78, 5) is 2.28. The first-order chi connectivity index (χ1) is 8.76. The maximum absolute atomic E-state index is 9.78. The molecule has 18 heavy (non-hydrogen) atoms. The highest BCUT2D eigenvalue weighted by Gasteiger charge is 2.24. The molecule has 100 valence electrons. The summed E-state index contributed by atoms with van der Waals surface area (Å²) in [5, 5.41) is 18.9. The molecule has 0 spiro atoms. The molecule has 1 atom stereocenters. The molecule has 2 N–H and O–H groups in total. The topological polar surface area (TPSA) is 43.7 Å². The second-order valence-electron chi connectivity index (χ2n) is 5.02. The van der Waals surface area contributed by atoms with E-state index in [1.807, 2.05) is 19.1 Å². The Balaban J connectivity index is 2.10. The predicted molar refractivity (Wildman–Crippen MR) is 73.8 cm³/mol. The molecule has 1 aliphatic carbocycles. The molecule has 3 heteroatoms. The summed E-state index contributed by atoms with van der Waals surface area (Å²) in [6, 6.07) is 8.68. The van der Waals surface area contributed by atoms with E-state index in [0.29, 0.717) is 12.6 Å². The maximum Gasteiger partial charge on any atom is 0.0787 e. The molecule has 1 fully saturated rings. The normalized spacial score (nSPS) is 17.3. The maximum atomic E-state index is 9.78. The van der Waals surface area contributed by atoms with Gasteiger partial charge >= 0.3 is 0 Å². The molecule has 0 radical (unpaired) electrons. The zero-order valence-electron chi connectivity index (χ0n) is 11.0. The van der Waals surface area contributed by atoms with Crippen LogP contribution in [-0.4, -0.2) is 29.4 Å². The van der Waals surface area contributed by atoms with Crippen LogP contribution in [-0.2, 0) is 0 Å². The van der Waals surface area contributed by atoms with Gasteiger partial charge in [0.2, 0.25) is 0 Å². The van der Waals surface area contributed by atoms with Crippen molar-refractivity contribution >= 4 is 5.69 Å². The molecule has 1 aliphatic rings. The summed E-state index contributed by atoms with van der Waals surface area (Å²) < 4.78 is 0. The van der Waals surface area contributed by atoms with Crippen molar-refractivity contribution in [3.05, 3.63) is 29.8 Å². The molecular formula is C15H23NO2. The number of hydrogen-bond acceptors (Lipinski definition) is 3. The first kappa shape index (κ1) is 13.4. The standard InChI is InChI=1S/C15H23NO2/c1-2-15(18)12-6-8-14(9-7-12)16(10-11-17)13-4-3-5-13/h6-9,13,15,17-18H,2-5,10-11H2,1H3. The number of benzene rings is 1. The summed E-state index contributed by atoms with van der Waals surface area (Å²) in [5.41, 5.74) is 2.12. The largest absolute Gasteiger partial charge is 0.395 e. The summed E-state index contributed by atoms with van der Waals surface area (Å²) >= 11 is 0. The third kappa shape index (κ3) is 2.85. The van der Waals surface area contributed by atoms with Crippen molar-refractivity contribution in [3.8, 4) is 0 Å². The van der Waals surface area contributed by atoms with E-state index >= 15 is 0 Å². The van der Waals surface area contributed by atoms with Gasteiger partial charge in [0, 0.05) is 18.3 Å². The van der Waals surface area contributed by atoms with E-state index in [1.54, 1.807) is 0 Å². The molecule has 0 amide bonds. The van der Waals surface area contributed by atoms with Crippen LogP contribution in [0, 0.1) is 0 Å². The van der Waals surface area contributed by atoms with E-state index in [0.717, 1.165) is 17.7 Å². The fourth-order valence-electron chi connectivity index (χ4n) is 2.45. The second-order valence-corrected chi connectivity index (χ2v) is 5.02. The van der Waals surface area contributed by atoms with Crippen LogP contribution < -0.4 is 4.90 Å². The van der Waals surface area contributed by atoms with Crippen LogP contribution in [0.2, 0.25) is 0 Å². The second kappa shape index (κ2) is 6.21. The first-order valence-corrected chi connectivity index (χ1v) is 6.91. The van der Waals surface area contributed by atoms with Crippen LogP contribution in [0.3, 0.4) is 0 Å². The van der Waals surface area contributed by atoms with E-state index in [1.165, 1.54) is 19.3 Å². The van der Waals surface area contributed by atoms with Crippen molar-refractivity contribution in [2.24, 2.45) is 0 Å². The molecule has 0 bridgehead atoms. The van der Waals surface area contributed by atoms with Crippen LogP contribution >= 0.6 is 0 Å². The first-order valence-electron chi connectivity index (χ1n) is 6.91. The van der Waals surface area contributed by atoms with Crippen LogP contribution in [0.4, 0.5) is 5.69 Å². The van der Waals surface area contributed by atoms with Gasteiger partial charge in [-0.05, 0) is 43.4 Å².